The minimum atomic E-state index is -0.344. The van der Waals surface area contributed by atoms with Crippen molar-refractivity contribution in [2.24, 2.45) is 0 Å². The van der Waals surface area contributed by atoms with Gasteiger partial charge in [-0.15, -0.1) is 10.2 Å². The van der Waals surface area contributed by atoms with Crippen LogP contribution in [0.5, 0.6) is 0 Å². The van der Waals surface area contributed by atoms with Gasteiger partial charge in [0.2, 0.25) is 0 Å². The van der Waals surface area contributed by atoms with Gasteiger partial charge in [0.1, 0.15) is 18.2 Å². The second kappa shape index (κ2) is 3.99. The second-order valence-corrected chi connectivity index (χ2v) is 3.96. The van der Waals surface area contributed by atoms with Crippen LogP contribution in [-0.2, 0) is 0 Å². The molecule has 0 atom stereocenters. The van der Waals surface area contributed by atoms with Gasteiger partial charge in [-0.25, -0.2) is 4.68 Å². The first-order valence-electron chi connectivity index (χ1n) is 5.38. The van der Waals surface area contributed by atoms with E-state index in [1.54, 1.807) is 6.07 Å². The molecule has 0 fully saturated rings. The van der Waals surface area contributed by atoms with Gasteiger partial charge in [-0.3, -0.25) is 10.2 Å². The SMILES string of the molecule is Cc1ccc2cc(C(=O)Nn3cnnc3)oc2c1. The zero-order valence-corrected chi connectivity index (χ0v) is 9.62. The molecule has 6 heteroatoms. The Kier molecular flexibility index (Phi) is 2.33. The lowest BCUT2D eigenvalue weighted by Gasteiger charge is -2.00. The van der Waals surface area contributed by atoms with Crippen LogP contribution in [0, 0.1) is 6.92 Å². The summed E-state index contributed by atoms with van der Waals surface area (Å²) in [6, 6.07) is 7.49. The summed E-state index contributed by atoms with van der Waals surface area (Å²) in [5, 5.41) is 8.08. The molecule has 0 radical (unpaired) electrons. The van der Waals surface area contributed by atoms with Crippen molar-refractivity contribution in [2.75, 3.05) is 5.43 Å². The maximum absolute atomic E-state index is 11.9. The molecule has 90 valence electrons. The topological polar surface area (TPSA) is 73.0 Å². The van der Waals surface area contributed by atoms with Crippen LogP contribution in [-0.4, -0.2) is 20.8 Å². The fourth-order valence-electron chi connectivity index (χ4n) is 1.68. The molecule has 2 aromatic heterocycles. The van der Waals surface area contributed by atoms with Crippen LogP contribution in [0.2, 0.25) is 0 Å². The summed E-state index contributed by atoms with van der Waals surface area (Å²) in [6.45, 7) is 1.97. The van der Waals surface area contributed by atoms with Gasteiger partial charge in [-0.05, 0) is 24.6 Å². The zero-order valence-electron chi connectivity index (χ0n) is 9.62. The molecule has 0 unspecified atom stereocenters. The van der Waals surface area contributed by atoms with Crippen molar-refractivity contribution in [3.8, 4) is 0 Å². The largest absolute Gasteiger partial charge is 0.451 e. The smallest absolute Gasteiger partial charge is 0.305 e. The van der Waals surface area contributed by atoms with E-state index < -0.39 is 0 Å². The van der Waals surface area contributed by atoms with E-state index in [2.05, 4.69) is 15.6 Å². The van der Waals surface area contributed by atoms with Gasteiger partial charge in [0, 0.05) is 5.39 Å². The van der Waals surface area contributed by atoms with E-state index in [1.807, 2.05) is 25.1 Å². The quantitative estimate of drug-likeness (QED) is 0.742. The third-order valence-corrected chi connectivity index (χ3v) is 2.55. The van der Waals surface area contributed by atoms with Crippen molar-refractivity contribution in [3.63, 3.8) is 0 Å². The van der Waals surface area contributed by atoms with E-state index in [4.69, 9.17) is 4.42 Å². The Bertz CT molecular complexity index is 700. The molecule has 0 saturated heterocycles. The maximum Gasteiger partial charge on any atom is 0.305 e. The van der Waals surface area contributed by atoms with Crippen molar-refractivity contribution in [3.05, 3.63) is 48.2 Å². The van der Waals surface area contributed by atoms with Crippen LogP contribution in [0.15, 0.2) is 41.3 Å². The summed E-state index contributed by atoms with van der Waals surface area (Å²) in [5.41, 5.74) is 4.36. The summed E-state index contributed by atoms with van der Waals surface area (Å²) >= 11 is 0. The number of aromatic nitrogens is 3. The van der Waals surface area contributed by atoms with E-state index in [1.165, 1.54) is 17.3 Å². The van der Waals surface area contributed by atoms with Crippen molar-refractivity contribution >= 4 is 16.9 Å². The number of fused-ring (bicyclic) bond motifs is 1. The number of carbonyl (C=O) groups is 1. The average Bonchev–Trinajstić information content (AvgIpc) is 2.96. The molecule has 1 aromatic carbocycles. The first kappa shape index (κ1) is 10.5. The minimum absolute atomic E-state index is 0.254. The highest BCUT2D eigenvalue weighted by atomic mass is 16.3. The normalized spacial score (nSPS) is 10.7. The van der Waals surface area contributed by atoms with Crippen LogP contribution in [0.1, 0.15) is 16.1 Å². The maximum atomic E-state index is 11.9. The lowest BCUT2D eigenvalue weighted by Crippen LogP contribution is -2.20. The number of nitrogens with one attached hydrogen (secondary N) is 1. The van der Waals surface area contributed by atoms with E-state index in [-0.39, 0.29) is 11.7 Å². The monoisotopic (exact) mass is 242 g/mol. The number of hydrogen-bond acceptors (Lipinski definition) is 4. The molecule has 3 rings (SSSR count). The summed E-state index contributed by atoms with van der Waals surface area (Å²) in [4.78, 5) is 11.9. The molecule has 6 nitrogen and oxygen atoms in total. The average molecular weight is 242 g/mol. The van der Waals surface area contributed by atoms with E-state index in [0.717, 1.165) is 10.9 Å². The van der Waals surface area contributed by atoms with Crippen molar-refractivity contribution in [1.29, 1.82) is 0 Å². The van der Waals surface area contributed by atoms with E-state index in [0.29, 0.717) is 5.58 Å². The number of rotatable bonds is 2. The molecular formula is C12H10N4O2. The zero-order chi connectivity index (χ0) is 12.5. The third-order valence-electron chi connectivity index (χ3n) is 2.55. The van der Waals surface area contributed by atoms with Gasteiger partial charge >= 0.3 is 5.91 Å². The minimum Gasteiger partial charge on any atom is -0.451 e. The second-order valence-electron chi connectivity index (χ2n) is 3.96. The Morgan fingerprint density at radius 1 is 1.28 bits per heavy atom. The highest BCUT2D eigenvalue weighted by Crippen LogP contribution is 2.20. The summed E-state index contributed by atoms with van der Waals surface area (Å²) in [5.74, 6) is -0.0899. The summed E-state index contributed by atoms with van der Waals surface area (Å²) < 4.78 is 6.86. The molecule has 0 aliphatic heterocycles. The molecule has 0 saturated carbocycles. The molecule has 18 heavy (non-hydrogen) atoms. The van der Waals surface area contributed by atoms with Gasteiger partial charge in [-0.1, -0.05) is 12.1 Å². The van der Waals surface area contributed by atoms with Crippen molar-refractivity contribution < 1.29 is 9.21 Å². The molecule has 0 spiro atoms. The van der Waals surface area contributed by atoms with E-state index in [9.17, 15) is 4.79 Å². The van der Waals surface area contributed by atoms with Crippen molar-refractivity contribution in [1.82, 2.24) is 14.9 Å². The first-order valence-corrected chi connectivity index (χ1v) is 5.38. The molecular weight excluding hydrogens is 232 g/mol. The number of benzene rings is 1. The summed E-state index contributed by atoms with van der Waals surface area (Å²) in [7, 11) is 0. The molecule has 0 bridgehead atoms. The van der Waals surface area contributed by atoms with Gasteiger partial charge in [-0.2, -0.15) is 0 Å². The Morgan fingerprint density at radius 2 is 2.06 bits per heavy atom. The lowest BCUT2D eigenvalue weighted by atomic mass is 10.2. The first-order chi connectivity index (χ1) is 8.72. The molecule has 0 aliphatic rings. The Hall–Kier alpha value is -2.63. The van der Waals surface area contributed by atoms with Crippen LogP contribution in [0.25, 0.3) is 11.0 Å². The predicted molar refractivity (Wildman–Crippen MR) is 64.7 cm³/mol. The van der Waals surface area contributed by atoms with Gasteiger partial charge in [0.05, 0.1) is 0 Å². The summed E-state index contributed by atoms with van der Waals surface area (Å²) in [6.07, 6.45) is 2.79. The van der Waals surface area contributed by atoms with Crippen LogP contribution in [0.4, 0.5) is 0 Å². The highest BCUT2D eigenvalue weighted by Gasteiger charge is 2.12. The van der Waals surface area contributed by atoms with Gasteiger partial charge in [0.25, 0.3) is 0 Å². The number of furan rings is 1. The Morgan fingerprint density at radius 3 is 2.83 bits per heavy atom. The number of carbonyl (C=O) groups excluding carboxylic acids is 1. The number of hydrogen-bond donors (Lipinski definition) is 1. The van der Waals surface area contributed by atoms with E-state index >= 15 is 0 Å². The highest BCUT2D eigenvalue weighted by molar-refractivity contribution is 6.00. The van der Waals surface area contributed by atoms with Crippen LogP contribution >= 0.6 is 0 Å². The van der Waals surface area contributed by atoms with Gasteiger partial charge < -0.3 is 4.42 Å². The fraction of sp³-hybridized carbons (Fsp3) is 0.0833. The molecule has 1 N–H and O–H groups in total. The van der Waals surface area contributed by atoms with Crippen LogP contribution in [0.3, 0.4) is 0 Å². The Balaban J connectivity index is 1.92. The molecule has 1 amide bonds. The molecule has 3 aromatic rings. The number of aryl methyl sites for hydroxylation is 1. The number of amides is 1. The third kappa shape index (κ3) is 1.84. The lowest BCUT2D eigenvalue weighted by molar-refractivity contribution is 0.0983. The van der Waals surface area contributed by atoms with Gasteiger partial charge in [0.15, 0.2) is 5.76 Å². The Labute approximate surface area is 102 Å². The predicted octanol–water partition coefficient (Wildman–Crippen LogP) is 1.72. The molecule has 0 aliphatic carbocycles. The van der Waals surface area contributed by atoms with Crippen LogP contribution < -0.4 is 5.43 Å². The standard InChI is InChI=1S/C12H10N4O2/c1-8-2-3-9-5-11(18-10(9)4-8)12(17)15-16-6-13-14-7-16/h2-7H,1H3,(H,15,17). The number of nitrogens with zero attached hydrogens (tertiary/aromatic N) is 3. The van der Waals surface area contributed by atoms with Crippen molar-refractivity contribution in [2.45, 2.75) is 6.92 Å². The fourth-order valence-corrected chi connectivity index (χ4v) is 1.68. The molecule has 2 heterocycles.